The van der Waals surface area contributed by atoms with E-state index in [4.69, 9.17) is 9.47 Å². The van der Waals surface area contributed by atoms with Gasteiger partial charge in [-0.25, -0.2) is 9.18 Å². The number of fused-ring (bicyclic) bond motifs is 1. The molecule has 0 unspecified atom stereocenters. The van der Waals surface area contributed by atoms with E-state index >= 15 is 0 Å². The average Bonchev–Trinajstić information content (AvgIpc) is 2.81. The van der Waals surface area contributed by atoms with Crippen LogP contribution < -0.4 is 10.1 Å². The minimum atomic E-state index is -0.553. The van der Waals surface area contributed by atoms with Gasteiger partial charge in [-0.05, 0) is 52.8 Å². The number of ether oxygens (including phenoxy) is 2. The molecule has 1 heterocycles. The second-order valence-electron chi connectivity index (χ2n) is 6.90. The van der Waals surface area contributed by atoms with Gasteiger partial charge in [0.15, 0.2) is 0 Å². The molecule has 0 aliphatic rings. The molecule has 0 bridgehead atoms. The van der Waals surface area contributed by atoms with E-state index in [1.165, 1.54) is 6.07 Å². The van der Waals surface area contributed by atoms with Gasteiger partial charge in [0.05, 0.1) is 12.6 Å². The molecule has 0 saturated heterocycles. The van der Waals surface area contributed by atoms with Crippen LogP contribution in [0.25, 0.3) is 10.9 Å². The van der Waals surface area contributed by atoms with Gasteiger partial charge >= 0.3 is 6.09 Å². The van der Waals surface area contributed by atoms with Gasteiger partial charge < -0.3 is 19.4 Å². The van der Waals surface area contributed by atoms with Crippen molar-refractivity contribution in [2.45, 2.75) is 46.3 Å². The zero-order chi connectivity index (χ0) is 18.1. The molecule has 1 N–H and O–H groups in total. The van der Waals surface area contributed by atoms with Crippen LogP contribution in [0.5, 0.6) is 5.75 Å². The molecule has 2 rings (SSSR count). The number of aromatic nitrogens is 1. The number of nitrogens with zero attached hydrogens (tertiary/aromatic N) is 1. The lowest BCUT2D eigenvalue weighted by Gasteiger charge is -2.22. The first-order valence-corrected chi connectivity index (χ1v) is 7.95. The van der Waals surface area contributed by atoms with Crippen molar-refractivity contribution in [3.63, 3.8) is 0 Å². The zero-order valence-corrected chi connectivity index (χ0v) is 15.1. The summed E-state index contributed by atoms with van der Waals surface area (Å²) in [4.78, 5) is 11.8. The second-order valence-corrected chi connectivity index (χ2v) is 6.90. The number of alkyl carbamates (subject to hydrolysis) is 1. The summed E-state index contributed by atoms with van der Waals surface area (Å²) in [5, 5.41) is 3.45. The summed E-state index contributed by atoms with van der Waals surface area (Å²) >= 11 is 0. The molecule has 1 aromatic heterocycles. The van der Waals surface area contributed by atoms with E-state index in [1.54, 1.807) is 33.9 Å². The highest BCUT2D eigenvalue weighted by Gasteiger charge is 2.20. The molecule has 0 radical (unpaired) electrons. The maximum Gasteiger partial charge on any atom is 0.407 e. The Morgan fingerprint density at radius 3 is 2.62 bits per heavy atom. The lowest BCUT2D eigenvalue weighted by molar-refractivity contribution is 0.0521. The number of aryl methyl sites for hydroxylation is 1. The van der Waals surface area contributed by atoms with Crippen molar-refractivity contribution < 1.29 is 18.7 Å². The Morgan fingerprint density at radius 1 is 1.38 bits per heavy atom. The monoisotopic (exact) mass is 336 g/mol. The van der Waals surface area contributed by atoms with Crippen LogP contribution in [0.3, 0.4) is 0 Å². The Labute approximate surface area is 141 Å². The molecule has 0 aliphatic heterocycles. The maximum absolute atomic E-state index is 14.4. The summed E-state index contributed by atoms with van der Waals surface area (Å²) in [7, 11) is 1.56. The van der Waals surface area contributed by atoms with Crippen molar-refractivity contribution in [2.24, 2.45) is 0 Å². The number of hydrogen-bond acceptors (Lipinski definition) is 3. The lowest BCUT2D eigenvalue weighted by atomic mass is 10.2. The minimum absolute atomic E-state index is 0.142. The molecule has 1 amide bonds. The van der Waals surface area contributed by atoms with Gasteiger partial charge in [-0.15, -0.1) is 0 Å². The van der Waals surface area contributed by atoms with Crippen molar-refractivity contribution in [3.05, 3.63) is 29.7 Å². The van der Waals surface area contributed by atoms with Crippen LogP contribution in [0.4, 0.5) is 9.18 Å². The topological polar surface area (TPSA) is 52.5 Å². The number of hydrogen-bond donors (Lipinski definition) is 1. The normalized spacial score (nSPS) is 13.0. The number of halogens is 1. The molecule has 1 aromatic carbocycles. The SMILES string of the molecule is COc1ccc(F)c2c1cc(C)n2[C@H](C)CNC(=O)OC(C)(C)C. The Kier molecular flexibility index (Phi) is 5.06. The number of carbonyl (C=O) groups is 1. The highest BCUT2D eigenvalue weighted by atomic mass is 19.1. The van der Waals surface area contributed by atoms with Gasteiger partial charge in [0.25, 0.3) is 0 Å². The van der Waals surface area contributed by atoms with E-state index in [9.17, 15) is 9.18 Å². The predicted octanol–water partition coefficient (Wildman–Crippen LogP) is 4.18. The van der Waals surface area contributed by atoms with Crippen molar-refractivity contribution in [3.8, 4) is 5.75 Å². The van der Waals surface area contributed by atoms with Crippen LogP contribution in [0.15, 0.2) is 18.2 Å². The van der Waals surface area contributed by atoms with E-state index in [0.717, 1.165) is 11.1 Å². The molecular formula is C18H25FN2O3. The van der Waals surface area contributed by atoms with Crippen LogP contribution in [-0.4, -0.2) is 29.9 Å². The summed E-state index contributed by atoms with van der Waals surface area (Å²) in [6, 6.07) is 4.76. The molecule has 0 spiro atoms. The highest BCUT2D eigenvalue weighted by molar-refractivity contribution is 5.88. The van der Waals surface area contributed by atoms with Crippen molar-refractivity contribution in [1.29, 1.82) is 0 Å². The van der Waals surface area contributed by atoms with E-state index in [1.807, 2.05) is 24.5 Å². The number of carbonyl (C=O) groups excluding carboxylic acids is 1. The van der Waals surface area contributed by atoms with Gasteiger partial charge in [-0.2, -0.15) is 0 Å². The third-order valence-corrected chi connectivity index (χ3v) is 3.70. The van der Waals surface area contributed by atoms with Gasteiger partial charge in [0.2, 0.25) is 0 Å². The predicted molar refractivity (Wildman–Crippen MR) is 92.1 cm³/mol. The molecule has 0 saturated carbocycles. The van der Waals surface area contributed by atoms with Crippen LogP contribution in [-0.2, 0) is 4.74 Å². The molecule has 1 atom stereocenters. The average molecular weight is 336 g/mol. The Balaban J connectivity index is 2.25. The fourth-order valence-electron chi connectivity index (χ4n) is 2.78. The Hall–Kier alpha value is -2.24. The van der Waals surface area contributed by atoms with E-state index < -0.39 is 11.7 Å². The first kappa shape index (κ1) is 18.1. The van der Waals surface area contributed by atoms with Gasteiger partial charge in [0, 0.05) is 23.7 Å². The first-order chi connectivity index (χ1) is 11.1. The van der Waals surface area contributed by atoms with Crippen LogP contribution >= 0.6 is 0 Å². The largest absolute Gasteiger partial charge is 0.496 e. The molecule has 24 heavy (non-hydrogen) atoms. The highest BCUT2D eigenvalue weighted by Crippen LogP contribution is 2.32. The fraction of sp³-hybridized carbons (Fsp3) is 0.500. The van der Waals surface area contributed by atoms with Crippen LogP contribution in [0.1, 0.15) is 39.4 Å². The molecule has 0 aliphatic carbocycles. The smallest absolute Gasteiger partial charge is 0.407 e. The third kappa shape index (κ3) is 3.80. The van der Waals surface area contributed by atoms with Gasteiger partial charge in [-0.3, -0.25) is 0 Å². The molecule has 5 nitrogen and oxygen atoms in total. The summed E-state index contributed by atoms with van der Waals surface area (Å²) in [6.45, 7) is 9.57. The van der Waals surface area contributed by atoms with Crippen molar-refractivity contribution in [1.82, 2.24) is 9.88 Å². The number of rotatable bonds is 4. The summed E-state index contributed by atoms with van der Waals surface area (Å²) < 4.78 is 26.8. The van der Waals surface area contributed by atoms with Gasteiger partial charge in [0.1, 0.15) is 17.2 Å². The molecular weight excluding hydrogens is 311 g/mol. The van der Waals surface area contributed by atoms with E-state index in [2.05, 4.69) is 5.32 Å². The Morgan fingerprint density at radius 2 is 2.04 bits per heavy atom. The molecule has 2 aromatic rings. The molecule has 0 fully saturated rings. The number of benzene rings is 1. The number of nitrogens with one attached hydrogen (secondary N) is 1. The summed E-state index contributed by atoms with van der Waals surface area (Å²) in [5.74, 6) is 0.309. The maximum atomic E-state index is 14.4. The standard InChI is InChI=1S/C18H25FN2O3/c1-11-9-13-15(23-6)8-7-14(19)16(13)21(11)12(2)10-20-17(22)24-18(3,4)5/h7-9,12H,10H2,1-6H3,(H,20,22)/t12-/m1/s1. The van der Waals surface area contributed by atoms with E-state index in [-0.39, 0.29) is 11.9 Å². The lowest BCUT2D eigenvalue weighted by Crippen LogP contribution is -2.35. The van der Waals surface area contributed by atoms with Crippen molar-refractivity contribution in [2.75, 3.05) is 13.7 Å². The molecule has 6 heteroatoms. The number of methoxy groups -OCH3 is 1. The molecule has 132 valence electrons. The Bertz CT molecular complexity index is 747. The fourth-order valence-corrected chi connectivity index (χ4v) is 2.78. The summed E-state index contributed by atoms with van der Waals surface area (Å²) in [5.41, 5.74) is 0.820. The van der Waals surface area contributed by atoms with Crippen molar-refractivity contribution >= 4 is 17.0 Å². The third-order valence-electron chi connectivity index (χ3n) is 3.70. The second kappa shape index (κ2) is 6.71. The van der Waals surface area contributed by atoms with Crippen LogP contribution in [0.2, 0.25) is 0 Å². The quantitative estimate of drug-likeness (QED) is 0.911. The minimum Gasteiger partial charge on any atom is -0.496 e. The van der Waals surface area contributed by atoms with Gasteiger partial charge in [-0.1, -0.05) is 0 Å². The summed E-state index contributed by atoms with van der Waals surface area (Å²) in [6.07, 6.45) is -0.485. The van der Waals surface area contributed by atoms with Crippen LogP contribution in [0, 0.1) is 12.7 Å². The first-order valence-electron chi connectivity index (χ1n) is 7.95. The number of amides is 1. The zero-order valence-electron chi connectivity index (χ0n) is 15.1. The van der Waals surface area contributed by atoms with E-state index in [0.29, 0.717) is 17.8 Å².